The van der Waals surface area contributed by atoms with Gasteiger partial charge in [-0.1, -0.05) is 6.92 Å². The van der Waals surface area contributed by atoms with E-state index in [1.54, 1.807) is 19.2 Å². The van der Waals surface area contributed by atoms with Gasteiger partial charge in [0.25, 0.3) is 0 Å². The van der Waals surface area contributed by atoms with Crippen LogP contribution < -0.4 is 5.32 Å². The fourth-order valence-electron chi connectivity index (χ4n) is 1.85. The van der Waals surface area contributed by atoms with Gasteiger partial charge < -0.3 is 20.0 Å². The minimum absolute atomic E-state index is 0.0466. The Morgan fingerprint density at radius 1 is 1.50 bits per heavy atom. The second-order valence-electron chi connectivity index (χ2n) is 4.92. The molecule has 0 bridgehead atoms. The van der Waals surface area contributed by atoms with Crippen LogP contribution in [0.25, 0.3) is 0 Å². The number of aliphatic hydroxyl groups excluding tert-OH is 1. The molecule has 0 amide bonds. The number of nitrogens with one attached hydrogen (secondary N) is 1. The number of ether oxygens (including phenoxy) is 1. The van der Waals surface area contributed by atoms with Crippen molar-refractivity contribution in [1.29, 1.82) is 0 Å². The fraction of sp³-hybridized carbons (Fsp3) is 0.917. The third-order valence-corrected chi connectivity index (χ3v) is 3.42. The third-order valence-electron chi connectivity index (χ3n) is 3.42. The monoisotopic (exact) mass is 260 g/mol. The summed E-state index contributed by atoms with van der Waals surface area (Å²) >= 11 is 0. The SMILES string of the molecule is CN[C@@H](C)[C@H](O)[C@H](C)CC(=O)ON1CC(OC)C1. The molecule has 1 saturated heterocycles. The molecule has 1 fully saturated rings. The standard InChI is InChI=1S/C12H24N2O4/c1-8(12(16)9(2)13-3)5-11(15)18-14-6-10(7-14)17-4/h8-10,12-13,16H,5-7H2,1-4H3/t8-,9+,12-/m1/s1. The smallest absolute Gasteiger partial charge is 0.325 e. The van der Waals surface area contributed by atoms with E-state index in [9.17, 15) is 9.90 Å². The van der Waals surface area contributed by atoms with Crippen molar-refractivity contribution in [2.45, 2.75) is 38.5 Å². The Kier molecular flexibility index (Phi) is 6.01. The first-order valence-corrected chi connectivity index (χ1v) is 6.31. The lowest BCUT2D eigenvalue weighted by atomic mass is 9.96. The molecule has 0 unspecified atom stereocenters. The lowest BCUT2D eigenvalue weighted by molar-refractivity contribution is -0.235. The van der Waals surface area contributed by atoms with Crippen LogP contribution in [0.5, 0.6) is 0 Å². The van der Waals surface area contributed by atoms with Crippen LogP contribution in [0, 0.1) is 5.92 Å². The quantitative estimate of drug-likeness (QED) is 0.659. The van der Waals surface area contributed by atoms with E-state index in [1.807, 2.05) is 13.8 Å². The second-order valence-corrected chi connectivity index (χ2v) is 4.92. The molecular weight excluding hydrogens is 236 g/mol. The average Bonchev–Trinajstić information content (AvgIpc) is 2.30. The van der Waals surface area contributed by atoms with Crippen LogP contribution >= 0.6 is 0 Å². The highest BCUT2D eigenvalue weighted by Crippen LogP contribution is 2.16. The lowest BCUT2D eigenvalue weighted by Crippen LogP contribution is -2.52. The van der Waals surface area contributed by atoms with Crippen molar-refractivity contribution in [3.05, 3.63) is 0 Å². The van der Waals surface area contributed by atoms with Crippen LogP contribution in [0.4, 0.5) is 0 Å². The van der Waals surface area contributed by atoms with Crippen molar-refractivity contribution in [2.75, 3.05) is 27.2 Å². The molecule has 1 rings (SSSR count). The molecule has 0 aromatic carbocycles. The second kappa shape index (κ2) is 7.04. The van der Waals surface area contributed by atoms with Gasteiger partial charge in [-0.25, -0.2) is 0 Å². The van der Waals surface area contributed by atoms with Gasteiger partial charge >= 0.3 is 5.97 Å². The predicted octanol–water partition coefficient (Wildman–Crippen LogP) is -0.230. The number of likely N-dealkylation sites (N-methyl/N-ethyl adjacent to an activating group) is 1. The van der Waals surface area contributed by atoms with Crippen molar-refractivity contribution in [3.63, 3.8) is 0 Å². The molecule has 0 spiro atoms. The lowest BCUT2D eigenvalue weighted by Gasteiger charge is -2.36. The Labute approximate surface area is 108 Å². The summed E-state index contributed by atoms with van der Waals surface area (Å²) in [6.45, 7) is 4.96. The van der Waals surface area contributed by atoms with Crippen molar-refractivity contribution in [3.8, 4) is 0 Å². The number of rotatable bonds is 7. The van der Waals surface area contributed by atoms with Gasteiger partial charge in [0.2, 0.25) is 0 Å². The number of hydrogen-bond donors (Lipinski definition) is 2. The Bertz CT molecular complexity index is 269. The number of carbonyl (C=O) groups excluding carboxylic acids is 1. The Morgan fingerprint density at radius 3 is 2.61 bits per heavy atom. The average molecular weight is 260 g/mol. The van der Waals surface area contributed by atoms with Gasteiger partial charge in [-0.2, -0.15) is 0 Å². The van der Waals surface area contributed by atoms with E-state index < -0.39 is 6.10 Å². The molecule has 0 radical (unpaired) electrons. The molecule has 0 saturated carbocycles. The summed E-state index contributed by atoms with van der Waals surface area (Å²) in [5.74, 6) is -0.446. The van der Waals surface area contributed by atoms with Crippen LogP contribution in [-0.2, 0) is 14.4 Å². The molecule has 18 heavy (non-hydrogen) atoms. The van der Waals surface area contributed by atoms with Gasteiger partial charge in [-0.15, -0.1) is 5.06 Å². The van der Waals surface area contributed by atoms with Gasteiger partial charge in [0.05, 0.1) is 31.7 Å². The summed E-state index contributed by atoms with van der Waals surface area (Å²) in [6, 6.07) is -0.0466. The maximum atomic E-state index is 11.6. The molecule has 0 aromatic rings. The molecule has 1 aliphatic rings. The number of aliphatic hydroxyl groups is 1. The molecule has 0 aliphatic carbocycles. The summed E-state index contributed by atoms with van der Waals surface area (Å²) in [7, 11) is 3.42. The normalized spacial score (nSPS) is 22.1. The van der Waals surface area contributed by atoms with E-state index in [0.717, 1.165) is 0 Å². The van der Waals surface area contributed by atoms with Crippen LogP contribution in [0.3, 0.4) is 0 Å². The Hall–Kier alpha value is -0.690. The van der Waals surface area contributed by atoms with Crippen LogP contribution in [0.15, 0.2) is 0 Å². The molecule has 3 atom stereocenters. The summed E-state index contributed by atoms with van der Waals surface area (Å²) in [6.07, 6.45) is -0.197. The zero-order chi connectivity index (χ0) is 13.7. The molecular formula is C12H24N2O4. The first-order valence-electron chi connectivity index (χ1n) is 6.31. The summed E-state index contributed by atoms with van der Waals surface area (Å²) in [4.78, 5) is 16.8. The van der Waals surface area contributed by atoms with E-state index in [2.05, 4.69) is 5.32 Å². The van der Waals surface area contributed by atoms with E-state index in [0.29, 0.717) is 13.1 Å². The number of nitrogens with zero attached hydrogens (tertiary/aromatic N) is 1. The highest BCUT2D eigenvalue weighted by Gasteiger charge is 2.31. The first-order chi connectivity index (χ1) is 8.47. The maximum absolute atomic E-state index is 11.6. The van der Waals surface area contributed by atoms with Crippen molar-refractivity contribution < 1.29 is 19.5 Å². The van der Waals surface area contributed by atoms with Crippen molar-refractivity contribution >= 4 is 5.97 Å². The molecule has 0 aromatic heterocycles. The Morgan fingerprint density at radius 2 is 2.11 bits per heavy atom. The van der Waals surface area contributed by atoms with E-state index in [-0.39, 0.29) is 30.5 Å². The molecule has 2 N–H and O–H groups in total. The maximum Gasteiger partial charge on any atom is 0.325 e. The molecule has 6 nitrogen and oxygen atoms in total. The number of hydrogen-bond acceptors (Lipinski definition) is 6. The van der Waals surface area contributed by atoms with Gasteiger partial charge in [0.15, 0.2) is 0 Å². The third kappa shape index (κ3) is 4.20. The first kappa shape index (κ1) is 15.4. The molecule has 1 heterocycles. The van der Waals surface area contributed by atoms with Crippen LogP contribution in [0.1, 0.15) is 20.3 Å². The van der Waals surface area contributed by atoms with Crippen LogP contribution in [0.2, 0.25) is 0 Å². The van der Waals surface area contributed by atoms with E-state index in [1.165, 1.54) is 0 Å². The van der Waals surface area contributed by atoms with Gasteiger partial charge in [-0.05, 0) is 19.9 Å². The molecule has 1 aliphatic heterocycles. The summed E-state index contributed by atoms with van der Waals surface area (Å²) in [5, 5.41) is 14.5. The molecule has 106 valence electrons. The van der Waals surface area contributed by atoms with Gasteiger partial charge in [0, 0.05) is 13.2 Å². The largest absolute Gasteiger partial charge is 0.391 e. The summed E-state index contributed by atoms with van der Waals surface area (Å²) in [5.41, 5.74) is 0. The van der Waals surface area contributed by atoms with E-state index >= 15 is 0 Å². The highest BCUT2D eigenvalue weighted by molar-refractivity contribution is 5.69. The predicted molar refractivity (Wildman–Crippen MR) is 66.8 cm³/mol. The number of carbonyl (C=O) groups is 1. The zero-order valence-corrected chi connectivity index (χ0v) is 11.5. The summed E-state index contributed by atoms with van der Waals surface area (Å²) < 4.78 is 5.08. The number of methoxy groups -OCH3 is 1. The zero-order valence-electron chi connectivity index (χ0n) is 11.5. The van der Waals surface area contributed by atoms with Crippen molar-refractivity contribution in [2.24, 2.45) is 5.92 Å². The van der Waals surface area contributed by atoms with E-state index in [4.69, 9.17) is 9.57 Å². The highest BCUT2D eigenvalue weighted by atomic mass is 16.7. The van der Waals surface area contributed by atoms with Crippen LogP contribution in [-0.4, -0.2) is 61.6 Å². The minimum atomic E-state index is -0.564. The van der Waals surface area contributed by atoms with Crippen molar-refractivity contribution in [1.82, 2.24) is 10.4 Å². The molecule has 6 heteroatoms. The topological polar surface area (TPSA) is 71.0 Å². The number of hydroxylamine groups is 2. The van der Waals surface area contributed by atoms with Gasteiger partial charge in [-0.3, -0.25) is 4.79 Å². The minimum Gasteiger partial charge on any atom is -0.391 e. The Balaban J connectivity index is 2.23. The fourth-order valence-corrected chi connectivity index (χ4v) is 1.85. The van der Waals surface area contributed by atoms with Gasteiger partial charge in [0.1, 0.15) is 0 Å².